The summed E-state index contributed by atoms with van der Waals surface area (Å²) in [6.07, 6.45) is 0.922. The van der Waals surface area contributed by atoms with E-state index in [0.717, 1.165) is 6.42 Å². The molecular weight excluding hydrogens is 276 g/mol. The smallest absolute Gasteiger partial charge is 0.123 e. The van der Waals surface area contributed by atoms with Crippen molar-refractivity contribution in [1.29, 1.82) is 0 Å². The first-order chi connectivity index (χ1) is 9.18. The Hall–Kier alpha value is -1.07. The average molecular weight is 303 g/mol. The first kappa shape index (κ1) is 15.3. The Balaban J connectivity index is 2.43. The monoisotopic (exact) mass is 302 g/mol. The number of rotatable bonds is 4. The van der Waals surface area contributed by atoms with Crippen molar-refractivity contribution in [3.8, 4) is 0 Å². The minimum absolute atomic E-state index is 0.922. The zero-order valence-electron chi connectivity index (χ0n) is 13.6. The third-order valence-corrected chi connectivity index (χ3v) is 7.33. The molecule has 1 nitrogen and oxygen atoms in total. The highest BCUT2D eigenvalue weighted by molar-refractivity contribution is 6.91. The highest BCUT2D eigenvalue weighted by Gasteiger charge is 2.29. The molecule has 0 spiro atoms. The van der Waals surface area contributed by atoms with E-state index in [2.05, 4.69) is 75.7 Å². The predicted octanol–water partition coefficient (Wildman–Crippen LogP) is 3.96. The van der Waals surface area contributed by atoms with E-state index in [1.54, 1.807) is 0 Å². The van der Waals surface area contributed by atoms with Crippen molar-refractivity contribution in [2.24, 2.45) is 0 Å². The number of hydrogen-bond donors (Lipinski definition) is 0. The van der Waals surface area contributed by atoms with Crippen LogP contribution in [0.5, 0.6) is 0 Å². The minimum atomic E-state index is -1.38. The number of furan rings is 1. The van der Waals surface area contributed by atoms with Gasteiger partial charge in [-0.05, 0) is 16.8 Å². The van der Waals surface area contributed by atoms with Gasteiger partial charge < -0.3 is 4.42 Å². The first-order valence-corrected chi connectivity index (χ1v) is 14.4. The van der Waals surface area contributed by atoms with Crippen LogP contribution in [-0.2, 0) is 6.42 Å². The van der Waals surface area contributed by atoms with Gasteiger partial charge in [-0.15, -0.1) is 0 Å². The molecule has 20 heavy (non-hydrogen) atoms. The highest BCUT2D eigenvalue weighted by Crippen LogP contribution is 2.15. The fourth-order valence-electron chi connectivity index (χ4n) is 2.35. The van der Waals surface area contributed by atoms with Gasteiger partial charge in [-0.25, -0.2) is 0 Å². The fraction of sp³-hybridized carbons (Fsp3) is 0.412. The van der Waals surface area contributed by atoms with Crippen molar-refractivity contribution in [3.05, 3.63) is 47.7 Å². The molecule has 0 fully saturated rings. The van der Waals surface area contributed by atoms with Gasteiger partial charge >= 0.3 is 0 Å². The maximum Gasteiger partial charge on any atom is 0.123 e. The largest absolute Gasteiger partial charge is 0.471 e. The second-order valence-electron chi connectivity index (χ2n) is 7.61. The van der Waals surface area contributed by atoms with Crippen molar-refractivity contribution >= 4 is 26.7 Å². The van der Waals surface area contributed by atoms with E-state index in [1.807, 2.05) is 0 Å². The summed E-state index contributed by atoms with van der Waals surface area (Å²) in [7, 11) is -2.75. The van der Waals surface area contributed by atoms with Gasteiger partial charge in [0.2, 0.25) is 0 Å². The molecule has 2 rings (SSSR count). The lowest BCUT2D eigenvalue weighted by atomic mass is 10.1. The molecule has 1 aromatic heterocycles. The van der Waals surface area contributed by atoms with Crippen LogP contribution in [0.25, 0.3) is 0 Å². The zero-order chi connectivity index (χ0) is 15.0. The summed E-state index contributed by atoms with van der Waals surface area (Å²) >= 11 is 0. The molecule has 0 atom stereocenters. The Morgan fingerprint density at radius 2 is 1.45 bits per heavy atom. The molecule has 1 heterocycles. The molecule has 0 amide bonds. The Morgan fingerprint density at radius 1 is 0.850 bits per heavy atom. The van der Waals surface area contributed by atoms with Crippen LogP contribution in [0.15, 0.2) is 40.8 Å². The quantitative estimate of drug-likeness (QED) is 0.779. The van der Waals surface area contributed by atoms with Gasteiger partial charge in [-0.2, -0.15) is 0 Å². The molecule has 2 aromatic rings. The zero-order valence-corrected chi connectivity index (χ0v) is 15.6. The van der Waals surface area contributed by atoms with Crippen LogP contribution in [0.3, 0.4) is 0 Å². The minimum Gasteiger partial charge on any atom is -0.471 e. The number of benzene rings is 1. The predicted molar refractivity (Wildman–Crippen MR) is 93.9 cm³/mol. The van der Waals surface area contributed by atoms with E-state index < -0.39 is 16.1 Å². The summed E-state index contributed by atoms with van der Waals surface area (Å²) < 4.78 is 6.31. The summed E-state index contributed by atoms with van der Waals surface area (Å²) in [4.78, 5) is 0. The average Bonchev–Trinajstić information content (AvgIpc) is 2.74. The summed E-state index contributed by atoms with van der Waals surface area (Å²) in [5, 5.41) is 2.75. The maximum absolute atomic E-state index is 6.31. The van der Waals surface area contributed by atoms with Crippen LogP contribution in [0.2, 0.25) is 39.3 Å². The molecule has 0 unspecified atom stereocenters. The third-order valence-electron chi connectivity index (χ3n) is 3.56. The lowest BCUT2D eigenvalue weighted by Crippen LogP contribution is -2.41. The van der Waals surface area contributed by atoms with Gasteiger partial charge in [0, 0.05) is 6.42 Å². The van der Waals surface area contributed by atoms with Crippen molar-refractivity contribution < 1.29 is 4.42 Å². The Kier molecular flexibility index (Phi) is 4.12. The SMILES string of the molecule is C[Si](C)(C)c1cc([Si](C)(C)C)c(Cc2ccccc2)o1. The van der Waals surface area contributed by atoms with Gasteiger partial charge in [-0.3, -0.25) is 0 Å². The van der Waals surface area contributed by atoms with E-state index in [-0.39, 0.29) is 0 Å². The topological polar surface area (TPSA) is 13.1 Å². The molecule has 0 radical (unpaired) electrons. The van der Waals surface area contributed by atoms with Crippen molar-refractivity contribution in [2.45, 2.75) is 45.7 Å². The standard InChI is InChI=1S/C17H26OSi2/c1-19(2,3)16-13-17(20(4,5)6)18-15(16)12-14-10-8-7-9-11-14/h7-11,13H,12H2,1-6H3. The number of hydrogen-bond acceptors (Lipinski definition) is 1. The molecule has 0 saturated carbocycles. The van der Waals surface area contributed by atoms with E-state index in [1.165, 1.54) is 21.9 Å². The molecule has 108 valence electrons. The Labute approximate surface area is 125 Å². The Bertz CT molecular complexity index is 571. The van der Waals surface area contributed by atoms with Gasteiger partial charge in [-0.1, -0.05) is 69.6 Å². The van der Waals surface area contributed by atoms with E-state index in [4.69, 9.17) is 4.42 Å². The summed E-state index contributed by atoms with van der Waals surface area (Å²) in [6, 6.07) is 13.0. The van der Waals surface area contributed by atoms with Crippen LogP contribution < -0.4 is 10.6 Å². The second-order valence-corrected chi connectivity index (χ2v) is 17.6. The van der Waals surface area contributed by atoms with E-state index in [0.29, 0.717) is 0 Å². The summed E-state index contributed by atoms with van der Waals surface area (Å²) in [5.41, 5.74) is 1.34. The maximum atomic E-state index is 6.31. The van der Waals surface area contributed by atoms with E-state index in [9.17, 15) is 0 Å². The highest BCUT2D eigenvalue weighted by atomic mass is 28.3. The van der Waals surface area contributed by atoms with Crippen molar-refractivity contribution in [2.75, 3.05) is 0 Å². The first-order valence-electron chi connectivity index (χ1n) is 7.35. The van der Waals surface area contributed by atoms with Crippen molar-refractivity contribution in [3.63, 3.8) is 0 Å². The molecule has 0 N–H and O–H groups in total. The normalized spacial score (nSPS) is 12.7. The lowest BCUT2D eigenvalue weighted by molar-refractivity contribution is 0.550. The van der Waals surface area contributed by atoms with Crippen LogP contribution >= 0.6 is 0 Å². The molecule has 0 bridgehead atoms. The molecule has 0 saturated heterocycles. The third kappa shape index (κ3) is 3.52. The summed E-state index contributed by atoms with van der Waals surface area (Å²) in [5.74, 6) is 1.20. The Morgan fingerprint density at radius 3 is 1.95 bits per heavy atom. The van der Waals surface area contributed by atoms with E-state index >= 15 is 0 Å². The molecule has 0 aliphatic rings. The molecule has 0 aliphatic carbocycles. The van der Waals surface area contributed by atoms with Crippen LogP contribution in [0.1, 0.15) is 11.3 Å². The van der Waals surface area contributed by atoms with Gasteiger partial charge in [0.15, 0.2) is 0 Å². The second kappa shape index (κ2) is 5.37. The van der Waals surface area contributed by atoms with Gasteiger partial charge in [0.25, 0.3) is 0 Å². The molecule has 0 aliphatic heterocycles. The molecular formula is C17H26OSi2. The fourth-order valence-corrected chi connectivity index (χ4v) is 5.04. The van der Waals surface area contributed by atoms with Crippen LogP contribution in [-0.4, -0.2) is 16.1 Å². The molecule has 3 heteroatoms. The van der Waals surface area contributed by atoms with Crippen LogP contribution in [0.4, 0.5) is 0 Å². The lowest BCUT2D eigenvalue weighted by Gasteiger charge is -2.15. The van der Waals surface area contributed by atoms with Crippen LogP contribution in [0, 0.1) is 0 Å². The summed E-state index contributed by atoms with van der Waals surface area (Å²) in [6.45, 7) is 14.3. The van der Waals surface area contributed by atoms with Gasteiger partial charge in [0.1, 0.15) is 13.8 Å². The molecule has 1 aromatic carbocycles. The van der Waals surface area contributed by atoms with Gasteiger partial charge in [0.05, 0.1) is 13.5 Å². The van der Waals surface area contributed by atoms with Crippen molar-refractivity contribution in [1.82, 2.24) is 0 Å².